The molecule has 11 heteroatoms. The number of hydrogen-bond acceptors (Lipinski definition) is 6. The molecule has 0 aliphatic heterocycles. The SMILES string of the molecule is O=C(Cc1csc(Nc2cccc(C(F)(F)F)c2)n1)N/N=C\c1ccc(OCc2cccc3ccccc23)c(I)c1. The first-order valence-corrected chi connectivity index (χ1v) is 14.3. The number of nitrogens with one attached hydrogen (secondary N) is 2. The monoisotopic (exact) mass is 686 g/mol. The number of hydrazone groups is 1. The van der Waals surface area contributed by atoms with Crippen LogP contribution in [0.5, 0.6) is 5.75 Å². The molecule has 0 saturated carbocycles. The summed E-state index contributed by atoms with van der Waals surface area (Å²) >= 11 is 3.39. The third-order valence-corrected chi connectivity index (χ3v) is 7.61. The van der Waals surface area contributed by atoms with Crippen LogP contribution in [0.2, 0.25) is 0 Å². The van der Waals surface area contributed by atoms with Crippen molar-refractivity contribution in [3.05, 3.63) is 116 Å². The lowest BCUT2D eigenvalue weighted by molar-refractivity contribution is -0.137. The first-order chi connectivity index (χ1) is 19.7. The zero-order valence-electron chi connectivity index (χ0n) is 21.3. The van der Waals surface area contributed by atoms with Crippen molar-refractivity contribution in [3.63, 3.8) is 0 Å². The minimum atomic E-state index is -4.43. The molecule has 0 radical (unpaired) electrons. The number of hydrogen-bond donors (Lipinski definition) is 2. The van der Waals surface area contributed by atoms with Crippen LogP contribution in [-0.2, 0) is 24.0 Å². The van der Waals surface area contributed by atoms with Gasteiger partial charge >= 0.3 is 6.18 Å². The second-order valence-electron chi connectivity index (χ2n) is 8.93. The molecule has 0 aliphatic rings. The quantitative estimate of drug-likeness (QED) is 0.0939. The fraction of sp³-hybridized carbons (Fsp3) is 0.100. The van der Waals surface area contributed by atoms with Gasteiger partial charge in [-0.3, -0.25) is 4.79 Å². The molecule has 1 amide bonds. The van der Waals surface area contributed by atoms with Crippen LogP contribution in [0.15, 0.2) is 95.4 Å². The van der Waals surface area contributed by atoms with Crippen molar-refractivity contribution in [2.45, 2.75) is 19.2 Å². The fourth-order valence-electron chi connectivity index (χ4n) is 4.01. The van der Waals surface area contributed by atoms with E-state index in [1.54, 1.807) is 5.38 Å². The number of anilines is 2. The molecule has 1 heterocycles. The Kier molecular flexibility index (Phi) is 8.84. The van der Waals surface area contributed by atoms with Crippen LogP contribution in [-0.4, -0.2) is 17.1 Å². The number of halogens is 4. The number of benzene rings is 4. The molecule has 5 aromatic rings. The summed E-state index contributed by atoms with van der Waals surface area (Å²) in [6.07, 6.45) is -2.93. The number of ether oxygens (including phenoxy) is 1. The third-order valence-electron chi connectivity index (χ3n) is 5.96. The summed E-state index contributed by atoms with van der Waals surface area (Å²) in [4.78, 5) is 16.6. The molecule has 5 rings (SSSR count). The minimum Gasteiger partial charge on any atom is -0.488 e. The zero-order chi connectivity index (χ0) is 28.8. The molecular weight excluding hydrogens is 664 g/mol. The van der Waals surface area contributed by atoms with Gasteiger partial charge in [0.1, 0.15) is 12.4 Å². The summed E-state index contributed by atoms with van der Waals surface area (Å²) in [5.41, 5.74) is 4.34. The summed E-state index contributed by atoms with van der Waals surface area (Å²) in [6, 6.07) is 24.8. The molecule has 4 aromatic carbocycles. The highest BCUT2D eigenvalue weighted by Crippen LogP contribution is 2.32. The van der Waals surface area contributed by atoms with Gasteiger partial charge in [0.2, 0.25) is 5.91 Å². The average Bonchev–Trinajstić information content (AvgIpc) is 3.38. The van der Waals surface area contributed by atoms with E-state index >= 15 is 0 Å². The van der Waals surface area contributed by atoms with Gasteiger partial charge in [-0.25, -0.2) is 10.4 Å². The van der Waals surface area contributed by atoms with Gasteiger partial charge in [-0.1, -0.05) is 48.5 Å². The largest absolute Gasteiger partial charge is 0.488 e. The van der Waals surface area contributed by atoms with E-state index in [1.165, 1.54) is 35.1 Å². The first-order valence-electron chi connectivity index (χ1n) is 12.3. The van der Waals surface area contributed by atoms with Crippen molar-refractivity contribution in [3.8, 4) is 5.75 Å². The molecule has 0 saturated heterocycles. The Morgan fingerprint density at radius 3 is 2.66 bits per heavy atom. The van der Waals surface area contributed by atoms with E-state index in [4.69, 9.17) is 4.74 Å². The van der Waals surface area contributed by atoms with Crippen molar-refractivity contribution in [2.24, 2.45) is 5.10 Å². The van der Waals surface area contributed by atoms with E-state index in [0.717, 1.165) is 38.0 Å². The lowest BCUT2D eigenvalue weighted by atomic mass is 10.1. The Balaban J connectivity index is 1.12. The molecule has 2 N–H and O–H groups in total. The van der Waals surface area contributed by atoms with E-state index in [9.17, 15) is 18.0 Å². The number of carbonyl (C=O) groups excluding carboxylic acids is 1. The molecule has 0 unspecified atom stereocenters. The van der Waals surface area contributed by atoms with E-state index in [-0.39, 0.29) is 18.0 Å². The highest BCUT2D eigenvalue weighted by atomic mass is 127. The van der Waals surface area contributed by atoms with Gasteiger partial charge in [-0.15, -0.1) is 11.3 Å². The maximum absolute atomic E-state index is 12.9. The van der Waals surface area contributed by atoms with Gasteiger partial charge in [0.05, 0.1) is 27.5 Å². The fourth-order valence-corrected chi connectivity index (χ4v) is 5.44. The Bertz CT molecular complexity index is 1720. The van der Waals surface area contributed by atoms with E-state index in [1.807, 2.05) is 36.4 Å². The minimum absolute atomic E-state index is 0.0312. The lowest BCUT2D eigenvalue weighted by Crippen LogP contribution is -2.19. The standard InChI is InChI=1S/C30H22F3IN4O2S/c31-30(32,33)22-8-4-9-23(14-22)36-29-37-24(18-41-29)15-28(39)38-35-16-19-11-12-27(26(34)13-19)40-17-21-7-3-6-20-5-1-2-10-25(20)21/h1-14,16,18H,15,17H2,(H,36,37)(H,38,39)/b35-16-. The number of aromatic nitrogens is 1. The Hall–Kier alpha value is -3.97. The highest BCUT2D eigenvalue weighted by molar-refractivity contribution is 14.1. The van der Waals surface area contributed by atoms with Gasteiger partial charge < -0.3 is 10.1 Å². The maximum Gasteiger partial charge on any atom is 0.416 e. The van der Waals surface area contributed by atoms with Crippen molar-refractivity contribution in [1.29, 1.82) is 0 Å². The van der Waals surface area contributed by atoms with Gasteiger partial charge in [-0.05, 0) is 80.9 Å². The Morgan fingerprint density at radius 2 is 1.83 bits per heavy atom. The number of rotatable bonds is 9. The van der Waals surface area contributed by atoms with Crippen LogP contribution in [0.3, 0.4) is 0 Å². The topological polar surface area (TPSA) is 75.6 Å². The molecule has 0 fully saturated rings. The third kappa shape index (κ3) is 7.61. The van der Waals surface area contributed by atoms with Crippen molar-refractivity contribution < 1.29 is 22.7 Å². The molecule has 0 spiro atoms. The van der Waals surface area contributed by atoms with E-state index in [2.05, 4.69) is 67.7 Å². The summed E-state index contributed by atoms with van der Waals surface area (Å²) in [5, 5.41) is 11.2. The summed E-state index contributed by atoms with van der Waals surface area (Å²) in [5.74, 6) is 0.375. The van der Waals surface area contributed by atoms with Crippen LogP contribution in [0.4, 0.5) is 24.0 Å². The van der Waals surface area contributed by atoms with Gasteiger partial charge in [0, 0.05) is 11.1 Å². The second kappa shape index (κ2) is 12.7. The van der Waals surface area contributed by atoms with Crippen LogP contribution in [0, 0.1) is 3.57 Å². The number of alkyl halides is 3. The Labute approximate surface area is 251 Å². The van der Waals surface area contributed by atoms with Gasteiger partial charge in [0.25, 0.3) is 0 Å². The Morgan fingerprint density at radius 1 is 1.02 bits per heavy atom. The van der Waals surface area contributed by atoms with Crippen LogP contribution in [0.1, 0.15) is 22.4 Å². The predicted molar refractivity (Wildman–Crippen MR) is 164 cm³/mol. The molecule has 6 nitrogen and oxygen atoms in total. The predicted octanol–water partition coefficient (Wildman–Crippen LogP) is 7.94. The smallest absolute Gasteiger partial charge is 0.416 e. The van der Waals surface area contributed by atoms with Crippen LogP contribution < -0.4 is 15.5 Å². The molecular formula is C30H22F3IN4O2S. The first kappa shape index (κ1) is 28.6. The number of nitrogens with zero attached hydrogens (tertiary/aromatic N) is 2. The average molecular weight is 686 g/mol. The molecule has 208 valence electrons. The molecule has 0 aliphatic carbocycles. The maximum atomic E-state index is 12.9. The van der Waals surface area contributed by atoms with Crippen molar-refractivity contribution in [1.82, 2.24) is 10.4 Å². The molecule has 41 heavy (non-hydrogen) atoms. The summed E-state index contributed by atoms with van der Waals surface area (Å²) < 4.78 is 45.8. The van der Waals surface area contributed by atoms with Crippen molar-refractivity contribution in [2.75, 3.05) is 5.32 Å². The number of fused-ring (bicyclic) bond motifs is 1. The number of carbonyl (C=O) groups is 1. The van der Waals surface area contributed by atoms with Crippen LogP contribution >= 0.6 is 33.9 Å². The molecule has 0 bridgehead atoms. The summed E-state index contributed by atoms with van der Waals surface area (Å²) in [6.45, 7) is 0.439. The van der Waals surface area contributed by atoms with Gasteiger partial charge in [0.15, 0.2) is 5.13 Å². The van der Waals surface area contributed by atoms with E-state index < -0.39 is 11.7 Å². The number of amides is 1. The normalized spacial score (nSPS) is 11.6. The number of thiazole rings is 1. The molecule has 0 atom stereocenters. The van der Waals surface area contributed by atoms with Crippen LogP contribution in [0.25, 0.3) is 10.8 Å². The highest BCUT2D eigenvalue weighted by Gasteiger charge is 2.30. The zero-order valence-corrected chi connectivity index (χ0v) is 24.3. The molecule has 1 aromatic heterocycles. The second-order valence-corrected chi connectivity index (χ2v) is 11.0. The summed E-state index contributed by atoms with van der Waals surface area (Å²) in [7, 11) is 0. The van der Waals surface area contributed by atoms with Crippen molar-refractivity contribution >= 4 is 67.6 Å². The van der Waals surface area contributed by atoms with Gasteiger partial charge in [-0.2, -0.15) is 18.3 Å². The lowest BCUT2D eigenvalue weighted by Gasteiger charge is -2.11. The van der Waals surface area contributed by atoms with E-state index in [0.29, 0.717) is 17.4 Å².